The van der Waals surface area contributed by atoms with Gasteiger partial charge in [0, 0.05) is 0 Å². The Balaban J connectivity index is 1.28. The van der Waals surface area contributed by atoms with Crippen molar-refractivity contribution in [3.63, 3.8) is 0 Å². The standard InChI is InChI=1S/C20H18O8/c21-19(25-13-7-3-1-4-8-13)27-15-11-23-18-16(12-24-17(15)18)28-20(22)26-14-9-5-2-6-10-14/h1-10,15-18H,11-12H2/t15-,16-,17+,18+/m0/s1. The average Bonchev–Trinajstić information content (AvgIpc) is 3.27. The Labute approximate surface area is 160 Å². The summed E-state index contributed by atoms with van der Waals surface area (Å²) in [6.07, 6.45) is -4.09. The predicted octanol–water partition coefficient (Wildman–Crippen LogP) is 2.95. The first-order valence-corrected chi connectivity index (χ1v) is 8.79. The van der Waals surface area contributed by atoms with E-state index in [-0.39, 0.29) is 13.2 Å². The van der Waals surface area contributed by atoms with Gasteiger partial charge in [0.2, 0.25) is 0 Å². The fourth-order valence-electron chi connectivity index (χ4n) is 3.10. The molecular formula is C20H18O8. The summed E-state index contributed by atoms with van der Waals surface area (Å²) in [5.74, 6) is 0.750. The number of carbonyl (C=O) groups excluding carboxylic acids is 2. The summed E-state index contributed by atoms with van der Waals surface area (Å²) in [4.78, 5) is 23.9. The van der Waals surface area contributed by atoms with Crippen LogP contribution in [0, 0.1) is 0 Å². The Kier molecular flexibility index (Phi) is 5.41. The fraction of sp³-hybridized carbons (Fsp3) is 0.300. The van der Waals surface area contributed by atoms with Gasteiger partial charge in [-0.1, -0.05) is 36.4 Å². The van der Waals surface area contributed by atoms with E-state index in [4.69, 9.17) is 28.4 Å². The van der Waals surface area contributed by atoms with Crippen LogP contribution in [0.1, 0.15) is 0 Å². The van der Waals surface area contributed by atoms with Crippen LogP contribution in [0.5, 0.6) is 11.5 Å². The number of hydrogen-bond donors (Lipinski definition) is 0. The minimum Gasteiger partial charge on any atom is -0.425 e. The molecule has 0 aliphatic carbocycles. The van der Waals surface area contributed by atoms with Crippen LogP contribution in [0.15, 0.2) is 60.7 Å². The number of fused-ring (bicyclic) bond motifs is 1. The van der Waals surface area contributed by atoms with E-state index in [9.17, 15) is 9.59 Å². The number of hydrogen-bond acceptors (Lipinski definition) is 8. The van der Waals surface area contributed by atoms with Crippen molar-refractivity contribution in [2.75, 3.05) is 13.2 Å². The Morgan fingerprint density at radius 2 is 1.07 bits per heavy atom. The van der Waals surface area contributed by atoms with E-state index in [0.29, 0.717) is 11.5 Å². The highest BCUT2D eigenvalue weighted by molar-refractivity contribution is 5.64. The van der Waals surface area contributed by atoms with Crippen molar-refractivity contribution < 1.29 is 38.0 Å². The Morgan fingerprint density at radius 1 is 0.679 bits per heavy atom. The lowest BCUT2D eigenvalue weighted by Crippen LogP contribution is -2.36. The minimum absolute atomic E-state index is 0.118. The van der Waals surface area contributed by atoms with Crippen molar-refractivity contribution in [3.05, 3.63) is 60.7 Å². The van der Waals surface area contributed by atoms with Crippen LogP contribution in [-0.2, 0) is 18.9 Å². The first-order chi connectivity index (χ1) is 13.7. The molecule has 2 heterocycles. The molecule has 146 valence electrons. The molecule has 2 saturated heterocycles. The largest absolute Gasteiger partial charge is 0.514 e. The Hall–Kier alpha value is -3.10. The molecule has 0 spiro atoms. The summed E-state index contributed by atoms with van der Waals surface area (Å²) in [6, 6.07) is 17.2. The first-order valence-electron chi connectivity index (χ1n) is 8.79. The lowest BCUT2D eigenvalue weighted by molar-refractivity contribution is -0.0274. The molecule has 0 N–H and O–H groups in total. The molecule has 2 aliphatic rings. The van der Waals surface area contributed by atoms with Gasteiger partial charge in [-0.3, -0.25) is 0 Å². The maximum absolute atomic E-state index is 12.0. The van der Waals surface area contributed by atoms with Gasteiger partial charge in [0.05, 0.1) is 13.2 Å². The fourth-order valence-corrected chi connectivity index (χ4v) is 3.10. The molecule has 2 fully saturated rings. The molecule has 2 aromatic rings. The summed E-state index contributed by atoms with van der Waals surface area (Å²) in [7, 11) is 0. The monoisotopic (exact) mass is 386 g/mol. The van der Waals surface area contributed by atoms with Crippen LogP contribution in [0.2, 0.25) is 0 Å². The quantitative estimate of drug-likeness (QED) is 0.585. The minimum atomic E-state index is -0.850. The van der Waals surface area contributed by atoms with E-state index in [2.05, 4.69) is 0 Å². The molecule has 28 heavy (non-hydrogen) atoms. The van der Waals surface area contributed by atoms with E-state index in [1.807, 2.05) is 12.1 Å². The van der Waals surface area contributed by atoms with E-state index in [1.54, 1.807) is 48.5 Å². The van der Waals surface area contributed by atoms with Crippen molar-refractivity contribution >= 4 is 12.3 Å². The predicted molar refractivity (Wildman–Crippen MR) is 94.2 cm³/mol. The highest BCUT2D eigenvalue weighted by Crippen LogP contribution is 2.31. The number of para-hydroxylation sites is 2. The highest BCUT2D eigenvalue weighted by Gasteiger charge is 2.51. The Bertz CT molecular complexity index is 740. The number of rotatable bonds is 4. The molecule has 4 rings (SSSR count). The third kappa shape index (κ3) is 4.24. The van der Waals surface area contributed by atoms with Crippen molar-refractivity contribution in [3.8, 4) is 11.5 Å². The summed E-state index contributed by atoms with van der Waals surface area (Å²) >= 11 is 0. The second-order valence-electron chi connectivity index (χ2n) is 6.24. The molecule has 2 aromatic carbocycles. The van der Waals surface area contributed by atoms with Crippen LogP contribution in [0.25, 0.3) is 0 Å². The SMILES string of the molecule is O=C(Oc1ccccc1)O[C@H]1CO[C@H]2[C@@H]1OC[C@@H]2OC(=O)Oc1ccccc1. The van der Waals surface area contributed by atoms with Gasteiger partial charge in [-0.25, -0.2) is 9.59 Å². The van der Waals surface area contributed by atoms with Gasteiger partial charge in [-0.05, 0) is 24.3 Å². The van der Waals surface area contributed by atoms with E-state index < -0.39 is 36.7 Å². The van der Waals surface area contributed by atoms with E-state index in [0.717, 1.165) is 0 Å². The molecule has 0 radical (unpaired) electrons. The summed E-state index contributed by atoms with van der Waals surface area (Å²) < 4.78 is 32.0. The third-order valence-electron chi connectivity index (χ3n) is 4.35. The van der Waals surface area contributed by atoms with Gasteiger partial charge >= 0.3 is 12.3 Å². The third-order valence-corrected chi connectivity index (χ3v) is 4.35. The van der Waals surface area contributed by atoms with Crippen molar-refractivity contribution in [2.24, 2.45) is 0 Å². The van der Waals surface area contributed by atoms with Crippen LogP contribution < -0.4 is 9.47 Å². The summed E-state index contributed by atoms with van der Waals surface area (Å²) in [6.45, 7) is 0.236. The van der Waals surface area contributed by atoms with E-state index in [1.165, 1.54) is 0 Å². The number of carbonyl (C=O) groups is 2. The van der Waals surface area contributed by atoms with Crippen molar-refractivity contribution in [1.29, 1.82) is 0 Å². The van der Waals surface area contributed by atoms with Gasteiger partial charge in [0.15, 0.2) is 12.2 Å². The van der Waals surface area contributed by atoms with Crippen LogP contribution in [-0.4, -0.2) is 49.9 Å². The molecule has 8 heteroatoms. The van der Waals surface area contributed by atoms with Gasteiger partial charge in [-0.15, -0.1) is 0 Å². The second kappa shape index (κ2) is 8.28. The first kappa shape index (κ1) is 18.3. The van der Waals surface area contributed by atoms with Gasteiger partial charge in [-0.2, -0.15) is 0 Å². The molecule has 0 amide bonds. The van der Waals surface area contributed by atoms with Crippen LogP contribution in [0.4, 0.5) is 9.59 Å². The zero-order chi connectivity index (χ0) is 19.3. The van der Waals surface area contributed by atoms with Crippen molar-refractivity contribution in [2.45, 2.75) is 24.4 Å². The molecule has 0 bridgehead atoms. The lowest BCUT2D eigenvalue weighted by atomic mass is 10.1. The van der Waals surface area contributed by atoms with Gasteiger partial charge in [0.25, 0.3) is 0 Å². The van der Waals surface area contributed by atoms with Crippen LogP contribution in [0.3, 0.4) is 0 Å². The zero-order valence-electron chi connectivity index (χ0n) is 14.8. The maximum Gasteiger partial charge on any atom is 0.514 e. The molecular weight excluding hydrogens is 368 g/mol. The smallest absolute Gasteiger partial charge is 0.425 e. The summed E-state index contributed by atoms with van der Waals surface area (Å²) in [5.41, 5.74) is 0. The van der Waals surface area contributed by atoms with Gasteiger partial charge < -0.3 is 28.4 Å². The van der Waals surface area contributed by atoms with Gasteiger partial charge in [0.1, 0.15) is 23.7 Å². The summed E-state index contributed by atoms with van der Waals surface area (Å²) in [5, 5.41) is 0. The van der Waals surface area contributed by atoms with Crippen molar-refractivity contribution in [1.82, 2.24) is 0 Å². The maximum atomic E-state index is 12.0. The normalized spacial score (nSPS) is 25.6. The Morgan fingerprint density at radius 3 is 1.46 bits per heavy atom. The molecule has 2 aliphatic heterocycles. The number of ether oxygens (including phenoxy) is 6. The molecule has 0 unspecified atom stereocenters. The van der Waals surface area contributed by atoms with Crippen LogP contribution >= 0.6 is 0 Å². The highest BCUT2D eigenvalue weighted by atomic mass is 16.8. The average molecular weight is 386 g/mol. The second-order valence-corrected chi connectivity index (χ2v) is 6.24. The number of benzene rings is 2. The molecule has 0 aromatic heterocycles. The zero-order valence-corrected chi connectivity index (χ0v) is 14.8. The molecule has 4 atom stereocenters. The molecule has 8 nitrogen and oxygen atoms in total. The van der Waals surface area contributed by atoms with E-state index >= 15 is 0 Å². The topological polar surface area (TPSA) is 89.5 Å². The molecule has 0 saturated carbocycles. The lowest BCUT2D eigenvalue weighted by Gasteiger charge is -2.17.